The van der Waals surface area contributed by atoms with E-state index in [0.29, 0.717) is 6.61 Å². The van der Waals surface area contributed by atoms with Crippen LogP contribution >= 0.6 is 0 Å². The lowest BCUT2D eigenvalue weighted by Crippen LogP contribution is -2.35. The fourth-order valence-corrected chi connectivity index (χ4v) is 3.99. The van der Waals surface area contributed by atoms with Crippen LogP contribution in [0.2, 0.25) is 0 Å². The minimum Gasteiger partial charge on any atom is -0.485 e. The van der Waals surface area contributed by atoms with Gasteiger partial charge in [0.25, 0.3) is 0 Å². The zero-order valence-corrected chi connectivity index (χ0v) is 15.3. The Morgan fingerprint density at radius 3 is 2.67 bits per heavy atom. The molecule has 2 atom stereocenters. The third-order valence-electron chi connectivity index (χ3n) is 5.33. The highest BCUT2D eigenvalue weighted by Gasteiger charge is 2.23. The number of para-hydroxylation sites is 2. The first-order chi connectivity index (χ1) is 13.2. The SMILES string of the molecule is O=C(O)C[C@@H]1CCCN(Cc2ccc([C@H]3COc4ccccc4O3)cc2)C1. The number of benzene rings is 2. The quantitative estimate of drug-likeness (QED) is 0.869. The van der Waals surface area contributed by atoms with Crippen molar-refractivity contribution < 1.29 is 19.4 Å². The van der Waals surface area contributed by atoms with Crippen molar-refractivity contribution >= 4 is 5.97 Å². The van der Waals surface area contributed by atoms with E-state index in [2.05, 4.69) is 29.2 Å². The molecule has 1 N–H and O–H groups in total. The summed E-state index contributed by atoms with van der Waals surface area (Å²) in [5.74, 6) is 1.16. The van der Waals surface area contributed by atoms with Crippen LogP contribution in [0.15, 0.2) is 48.5 Å². The molecule has 2 aromatic rings. The van der Waals surface area contributed by atoms with E-state index in [1.54, 1.807) is 0 Å². The zero-order chi connectivity index (χ0) is 18.6. The molecular weight excluding hydrogens is 342 g/mol. The molecular formula is C22H25NO4. The maximum absolute atomic E-state index is 11.0. The summed E-state index contributed by atoms with van der Waals surface area (Å²) in [4.78, 5) is 13.3. The molecule has 0 radical (unpaired) electrons. The standard InChI is InChI=1S/C22H25NO4/c24-22(25)12-17-4-3-11-23(14-17)13-16-7-9-18(10-8-16)21-15-26-19-5-1-2-6-20(19)27-21/h1-2,5-10,17,21H,3-4,11-15H2,(H,24,25)/t17-,21+/m0/s1. The number of ether oxygens (including phenoxy) is 2. The molecule has 142 valence electrons. The second-order valence-electron chi connectivity index (χ2n) is 7.45. The predicted molar refractivity (Wildman–Crippen MR) is 102 cm³/mol. The average molecular weight is 367 g/mol. The predicted octanol–water partition coefficient (Wildman–Crippen LogP) is 3.89. The van der Waals surface area contributed by atoms with Crippen molar-refractivity contribution in [3.05, 3.63) is 59.7 Å². The van der Waals surface area contributed by atoms with Gasteiger partial charge in [0.2, 0.25) is 0 Å². The molecule has 2 heterocycles. The summed E-state index contributed by atoms with van der Waals surface area (Å²) in [5, 5.41) is 9.02. The van der Waals surface area contributed by atoms with Crippen molar-refractivity contribution in [3.63, 3.8) is 0 Å². The lowest BCUT2D eigenvalue weighted by Gasteiger charge is -2.32. The molecule has 0 amide bonds. The van der Waals surface area contributed by atoms with Crippen molar-refractivity contribution in [3.8, 4) is 11.5 Å². The smallest absolute Gasteiger partial charge is 0.303 e. The lowest BCUT2D eigenvalue weighted by atomic mass is 9.94. The molecule has 0 saturated carbocycles. The van der Waals surface area contributed by atoms with E-state index in [0.717, 1.165) is 49.5 Å². The summed E-state index contributed by atoms with van der Waals surface area (Å²) in [6.07, 6.45) is 2.27. The Morgan fingerprint density at radius 1 is 1.11 bits per heavy atom. The van der Waals surface area contributed by atoms with E-state index in [1.165, 1.54) is 5.56 Å². The van der Waals surface area contributed by atoms with Gasteiger partial charge < -0.3 is 14.6 Å². The van der Waals surface area contributed by atoms with Crippen molar-refractivity contribution in [1.29, 1.82) is 0 Å². The van der Waals surface area contributed by atoms with Crippen molar-refractivity contribution in [2.24, 2.45) is 5.92 Å². The van der Waals surface area contributed by atoms with Crippen molar-refractivity contribution in [1.82, 2.24) is 4.90 Å². The number of likely N-dealkylation sites (tertiary alicyclic amines) is 1. The van der Waals surface area contributed by atoms with Gasteiger partial charge in [-0.25, -0.2) is 0 Å². The third-order valence-corrected chi connectivity index (χ3v) is 5.33. The highest BCUT2D eigenvalue weighted by Crippen LogP contribution is 2.35. The number of hydrogen-bond acceptors (Lipinski definition) is 4. The van der Waals surface area contributed by atoms with E-state index in [-0.39, 0.29) is 18.4 Å². The van der Waals surface area contributed by atoms with Crippen LogP contribution in [0, 0.1) is 5.92 Å². The van der Waals surface area contributed by atoms with Gasteiger partial charge in [0, 0.05) is 19.5 Å². The second kappa shape index (κ2) is 8.01. The second-order valence-corrected chi connectivity index (χ2v) is 7.45. The number of carbonyl (C=O) groups is 1. The molecule has 2 aliphatic heterocycles. The molecule has 5 heteroatoms. The van der Waals surface area contributed by atoms with E-state index in [1.807, 2.05) is 24.3 Å². The Hall–Kier alpha value is -2.53. The van der Waals surface area contributed by atoms with E-state index in [9.17, 15) is 4.79 Å². The number of nitrogens with zero attached hydrogens (tertiary/aromatic N) is 1. The monoisotopic (exact) mass is 367 g/mol. The first kappa shape index (κ1) is 17.9. The maximum atomic E-state index is 11.0. The van der Waals surface area contributed by atoms with Crippen molar-refractivity contribution in [2.45, 2.75) is 31.9 Å². The van der Waals surface area contributed by atoms with E-state index in [4.69, 9.17) is 14.6 Å². The molecule has 4 rings (SSSR count). The van der Waals surface area contributed by atoms with Crippen LogP contribution in [0.5, 0.6) is 11.5 Å². The van der Waals surface area contributed by atoms with Gasteiger partial charge in [0.15, 0.2) is 17.6 Å². The first-order valence-electron chi connectivity index (χ1n) is 9.59. The number of hydrogen-bond donors (Lipinski definition) is 1. The van der Waals surface area contributed by atoms with Gasteiger partial charge in [-0.3, -0.25) is 9.69 Å². The molecule has 0 aliphatic carbocycles. The van der Waals surface area contributed by atoms with Crippen LogP contribution < -0.4 is 9.47 Å². The summed E-state index contributed by atoms with van der Waals surface area (Å²) in [6, 6.07) is 16.2. The Morgan fingerprint density at radius 2 is 1.89 bits per heavy atom. The average Bonchev–Trinajstić information content (AvgIpc) is 2.68. The molecule has 2 aliphatic rings. The third kappa shape index (κ3) is 4.42. The summed E-state index contributed by atoms with van der Waals surface area (Å²) in [5.41, 5.74) is 2.35. The summed E-state index contributed by atoms with van der Waals surface area (Å²) in [7, 11) is 0. The summed E-state index contributed by atoms with van der Waals surface area (Å²) < 4.78 is 11.9. The fourth-order valence-electron chi connectivity index (χ4n) is 3.99. The lowest BCUT2D eigenvalue weighted by molar-refractivity contribution is -0.138. The molecule has 1 saturated heterocycles. The Balaban J connectivity index is 1.36. The van der Waals surface area contributed by atoms with Gasteiger partial charge in [-0.1, -0.05) is 36.4 Å². The number of piperidine rings is 1. The summed E-state index contributed by atoms with van der Waals surface area (Å²) in [6.45, 7) is 3.28. The molecule has 0 spiro atoms. The Kier molecular flexibility index (Phi) is 5.30. The van der Waals surface area contributed by atoms with Crippen LogP contribution in [0.4, 0.5) is 0 Å². The molecule has 0 aromatic heterocycles. The highest BCUT2D eigenvalue weighted by atomic mass is 16.6. The normalized spacial score (nSPS) is 22.4. The van der Waals surface area contributed by atoms with Gasteiger partial charge in [-0.2, -0.15) is 0 Å². The van der Waals surface area contributed by atoms with E-state index >= 15 is 0 Å². The van der Waals surface area contributed by atoms with Gasteiger partial charge >= 0.3 is 5.97 Å². The topological polar surface area (TPSA) is 59.0 Å². The Bertz CT molecular complexity index is 789. The molecule has 0 bridgehead atoms. The van der Waals surface area contributed by atoms with Gasteiger partial charge in [-0.05, 0) is 48.6 Å². The fraction of sp³-hybridized carbons (Fsp3) is 0.409. The van der Waals surface area contributed by atoms with Gasteiger partial charge in [0.1, 0.15) is 6.61 Å². The van der Waals surface area contributed by atoms with Crippen LogP contribution in [-0.4, -0.2) is 35.7 Å². The molecule has 0 unspecified atom stereocenters. The maximum Gasteiger partial charge on any atom is 0.303 e. The number of rotatable bonds is 5. The highest BCUT2D eigenvalue weighted by molar-refractivity contribution is 5.67. The van der Waals surface area contributed by atoms with E-state index < -0.39 is 5.97 Å². The number of aliphatic carboxylic acids is 1. The first-order valence-corrected chi connectivity index (χ1v) is 9.59. The minimum atomic E-state index is -0.692. The molecule has 5 nitrogen and oxygen atoms in total. The Labute approximate surface area is 159 Å². The summed E-state index contributed by atoms with van der Waals surface area (Å²) >= 11 is 0. The molecule has 1 fully saturated rings. The molecule has 2 aromatic carbocycles. The van der Waals surface area contributed by atoms with Crippen LogP contribution in [0.3, 0.4) is 0 Å². The van der Waals surface area contributed by atoms with Crippen LogP contribution in [-0.2, 0) is 11.3 Å². The van der Waals surface area contributed by atoms with Crippen molar-refractivity contribution in [2.75, 3.05) is 19.7 Å². The number of carboxylic acid groups (broad SMARTS) is 1. The van der Waals surface area contributed by atoms with Crippen LogP contribution in [0.25, 0.3) is 0 Å². The van der Waals surface area contributed by atoms with Crippen LogP contribution in [0.1, 0.15) is 36.5 Å². The van der Waals surface area contributed by atoms with Gasteiger partial charge in [-0.15, -0.1) is 0 Å². The zero-order valence-electron chi connectivity index (χ0n) is 15.3. The minimum absolute atomic E-state index is 0.0936. The van der Waals surface area contributed by atoms with Gasteiger partial charge in [0.05, 0.1) is 0 Å². The number of fused-ring (bicyclic) bond motifs is 1. The number of carboxylic acids is 1. The largest absolute Gasteiger partial charge is 0.485 e. The molecule has 27 heavy (non-hydrogen) atoms.